The molecule has 3 rings (SSSR count). The molecule has 0 radical (unpaired) electrons. The quantitative estimate of drug-likeness (QED) is 0.707. The molecular formula is C17H11Cl2N3O. The second-order valence-electron chi connectivity index (χ2n) is 4.68. The number of benzene rings is 2. The standard InChI is InChI=1S/C17H11Cl2N3O/c18-15-8-4-7-14(16(15)19)17(23)21-12-9-10-22(20-11-12)13-5-2-1-3-6-13/h1-11H/b21-12+. The van der Waals surface area contributed by atoms with Gasteiger partial charge in [-0.15, -0.1) is 0 Å². The monoisotopic (exact) mass is 343 g/mol. The van der Waals surface area contributed by atoms with Crippen LogP contribution in [0, 0.1) is 0 Å². The van der Waals surface area contributed by atoms with Crippen molar-refractivity contribution < 1.29 is 4.79 Å². The van der Waals surface area contributed by atoms with Crippen LogP contribution in [0.3, 0.4) is 0 Å². The van der Waals surface area contributed by atoms with Gasteiger partial charge < -0.3 is 0 Å². The largest absolute Gasteiger partial charge is 0.279 e. The summed E-state index contributed by atoms with van der Waals surface area (Å²) >= 11 is 11.9. The lowest BCUT2D eigenvalue weighted by atomic mass is 10.2. The molecule has 0 saturated carbocycles. The van der Waals surface area contributed by atoms with Crippen molar-refractivity contribution in [3.8, 4) is 5.69 Å². The highest BCUT2D eigenvalue weighted by Crippen LogP contribution is 2.25. The van der Waals surface area contributed by atoms with E-state index in [0.717, 1.165) is 5.69 Å². The fourth-order valence-electron chi connectivity index (χ4n) is 2.00. The van der Waals surface area contributed by atoms with Crippen molar-refractivity contribution in [2.75, 3.05) is 0 Å². The molecule has 0 spiro atoms. The van der Waals surface area contributed by atoms with Crippen molar-refractivity contribution >= 4 is 29.1 Å². The van der Waals surface area contributed by atoms with Crippen LogP contribution in [0.25, 0.3) is 5.69 Å². The molecule has 114 valence electrons. The molecule has 1 aromatic heterocycles. The molecule has 1 amide bonds. The predicted octanol–water partition coefficient (Wildman–Crippen LogP) is 3.92. The molecular weight excluding hydrogens is 333 g/mol. The van der Waals surface area contributed by atoms with Gasteiger partial charge in [0.1, 0.15) is 0 Å². The van der Waals surface area contributed by atoms with E-state index in [-0.39, 0.29) is 10.6 Å². The average Bonchev–Trinajstić information content (AvgIpc) is 2.59. The lowest BCUT2D eigenvalue weighted by Gasteiger charge is -2.03. The molecule has 0 unspecified atom stereocenters. The fourth-order valence-corrected chi connectivity index (χ4v) is 2.38. The number of hydrogen-bond donors (Lipinski definition) is 0. The van der Waals surface area contributed by atoms with Crippen molar-refractivity contribution in [3.63, 3.8) is 0 Å². The molecule has 0 N–H and O–H groups in total. The molecule has 0 bridgehead atoms. The summed E-state index contributed by atoms with van der Waals surface area (Å²) in [5, 5.41) is 5.21. The van der Waals surface area contributed by atoms with Gasteiger partial charge in [-0.25, -0.2) is 9.67 Å². The number of aromatic nitrogens is 2. The zero-order valence-electron chi connectivity index (χ0n) is 11.9. The van der Waals surface area contributed by atoms with Gasteiger partial charge >= 0.3 is 0 Å². The maximum absolute atomic E-state index is 12.2. The summed E-state index contributed by atoms with van der Waals surface area (Å²) in [6.45, 7) is 0. The molecule has 0 saturated heterocycles. The number of halogens is 2. The van der Waals surface area contributed by atoms with Crippen LogP contribution >= 0.6 is 23.2 Å². The van der Waals surface area contributed by atoms with E-state index in [9.17, 15) is 4.79 Å². The zero-order valence-corrected chi connectivity index (χ0v) is 13.4. The molecule has 23 heavy (non-hydrogen) atoms. The van der Waals surface area contributed by atoms with Crippen molar-refractivity contribution in [2.24, 2.45) is 4.99 Å². The highest BCUT2D eigenvalue weighted by atomic mass is 35.5. The minimum absolute atomic E-state index is 0.200. The Balaban J connectivity index is 1.91. The van der Waals surface area contributed by atoms with E-state index in [1.807, 2.05) is 30.3 Å². The van der Waals surface area contributed by atoms with Gasteiger partial charge in [0.05, 0.1) is 32.9 Å². The van der Waals surface area contributed by atoms with Crippen LogP contribution in [0.2, 0.25) is 10.0 Å². The van der Waals surface area contributed by atoms with Gasteiger partial charge in [-0.2, -0.15) is 5.10 Å². The Morgan fingerprint density at radius 1 is 1.00 bits per heavy atom. The highest BCUT2D eigenvalue weighted by molar-refractivity contribution is 6.43. The van der Waals surface area contributed by atoms with Crippen molar-refractivity contribution in [2.45, 2.75) is 0 Å². The number of amides is 1. The molecule has 4 nitrogen and oxygen atoms in total. The summed E-state index contributed by atoms with van der Waals surface area (Å²) in [5.41, 5.74) is 1.18. The van der Waals surface area contributed by atoms with E-state index in [0.29, 0.717) is 10.4 Å². The first-order valence-electron chi connectivity index (χ1n) is 6.78. The molecule has 0 aliphatic rings. The van der Waals surface area contributed by atoms with Gasteiger partial charge in [-0.05, 0) is 30.3 Å². The van der Waals surface area contributed by atoms with Gasteiger partial charge in [-0.1, -0.05) is 47.5 Å². The van der Waals surface area contributed by atoms with Crippen molar-refractivity contribution in [3.05, 3.63) is 88.0 Å². The SMILES string of the molecule is O=C(/N=c1\ccn(-c2ccccc2)nc1)c1cccc(Cl)c1Cl. The van der Waals surface area contributed by atoms with E-state index in [4.69, 9.17) is 23.2 Å². The Morgan fingerprint density at radius 2 is 1.78 bits per heavy atom. The van der Waals surface area contributed by atoms with E-state index in [1.54, 1.807) is 35.1 Å². The van der Waals surface area contributed by atoms with Crippen LogP contribution in [-0.4, -0.2) is 15.7 Å². The first-order chi connectivity index (χ1) is 11.1. The third-order valence-electron chi connectivity index (χ3n) is 3.13. The number of hydrogen-bond acceptors (Lipinski definition) is 2. The van der Waals surface area contributed by atoms with Crippen LogP contribution in [0.1, 0.15) is 10.4 Å². The maximum Gasteiger partial charge on any atom is 0.279 e. The Morgan fingerprint density at radius 3 is 2.48 bits per heavy atom. The molecule has 0 fully saturated rings. The minimum atomic E-state index is -0.461. The van der Waals surface area contributed by atoms with E-state index < -0.39 is 5.91 Å². The number of para-hydroxylation sites is 1. The minimum Gasteiger partial charge on any atom is -0.267 e. The number of carbonyl (C=O) groups excluding carboxylic acids is 1. The van der Waals surface area contributed by atoms with E-state index in [2.05, 4.69) is 10.1 Å². The van der Waals surface area contributed by atoms with Gasteiger partial charge in [-0.3, -0.25) is 4.79 Å². The lowest BCUT2D eigenvalue weighted by molar-refractivity contribution is 0.0998. The molecule has 6 heteroatoms. The van der Waals surface area contributed by atoms with Crippen LogP contribution in [0.15, 0.2) is 72.0 Å². The molecule has 3 aromatic rings. The first kappa shape index (κ1) is 15.5. The van der Waals surface area contributed by atoms with E-state index in [1.165, 1.54) is 6.20 Å². The predicted molar refractivity (Wildman–Crippen MR) is 89.9 cm³/mol. The summed E-state index contributed by atoms with van der Waals surface area (Å²) in [5.74, 6) is -0.461. The molecule has 0 atom stereocenters. The third kappa shape index (κ3) is 3.50. The first-order valence-corrected chi connectivity index (χ1v) is 7.54. The van der Waals surface area contributed by atoms with Gasteiger partial charge in [0.25, 0.3) is 5.91 Å². The second kappa shape index (κ2) is 6.77. The van der Waals surface area contributed by atoms with Crippen LogP contribution in [0.5, 0.6) is 0 Å². The van der Waals surface area contributed by atoms with Gasteiger partial charge in [0.15, 0.2) is 0 Å². The smallest absolute Gasteiger partial charge is 0.267 e. The molecule has 2 aromatic carbocycles. The lowest BCUT2D eigenvalue weighted by Crippen LogP contribution is -2.11. The summed E-state index contributed by atoms with van der Waals surface area (Å²) in [7, 11) is 0. The topological polar surface area (TPSA) is 47.2 Å². The Kier molecular flexibility index (Phi) is 4.55. The molecule has 0 aliphatic heterocycles. The van der Waals surface area contributed by atoms with Crippen LogP contribution in [0.4, 0.5) is 0 Å². The summed E-state index contributed by atoms with van der Waals surface area (Å²) in [4.78, 5) is 16.2. The van der Waals surface area contributed by atoms with Gasteiger partial charge in [0, 0.05) is 6.20 Å². The average molecular weight is 344 g/mol. The third-order valence-corrected chi connectivity index (χ3v) is 3.95. The van der Waals surface area contributed by atoms with Crippen LogP contribution in [-0.2, 0) is 0 Å². The number of nitrogens with zero attached hydrogens (tertiary/aromatic N) is 3. The summed E-state index contributed by atoms with van der Waals surface area (Å²) in [6, 6.07) is 16.2. The van der Waals surface area contributed by atoms with Crippen LogP contribution < -0.4 is 5.36 Å². The fraction of sp³-hybridized carbons (Fsp3) is 0. The number of carbonyl (C=O) groups is 1. The maximum atomic E-state index is 12.2. The normalized spacial score (nSPS) is 11.5. The molecule has 1 heterocycles. The van der Waals surface area contributed by atoms with Crippen molar-refractivity contribution in [1.82, 2.24) is 9.78 Å². The zero-order chi connectivity index (χ0) is 16.2. The number of rotatable bonds is 2. The Hall–Kier alpha value is -2.43. The molecule has 0 aliphatic carbocycles. The summed E-state index contributed by atoms with van der Waals surface area (Å²) < 4.78 is 1.69. The van der Waals surface area contributed by atoms with E-state index >= 15 is 0 Å². The second-order valence-corrected chi connectivity index (χ2v) is 5.47. The Bertz CT molecular complexity index is 900. The summed E-state index contributed by atoms with van der Waals surface area (Å²) in [6.07, 6.45) is 3.25. The Labute approximate surface area is 142 Å². The van der Waals surface area contributed by atoms with Crippen molar-refractivity contribution in [1.29, 1.82) is 0 Å². The van der Waals surface area contributed by atoms with Gasteiger partial charge in [0.2, 0.25) is 0 Å². The highest BCUT2D eigenvalue weighted by Gasteiger charge is 2.11.